The molecule has 16 heavy (non-hydrogen) atoms. The lowest BCUT2D eigenvalue weighted by Gasteiger charge is -2.29. The molecule has 2 atom stereocenters. The summed E-state index contributed by atoms with van der Waals surface area (Å²) in [6.45, 7) is 2.02. The summed E-state index contributed by atoms with van der Waals surface area (Å²) < 4.78 is 10.7. The number of hydrogen-bond donors (Lipinski definition) is 0. The Kier molecular flexibility index (Phi) is 3.12. The molecule has 0 aliphatic heterocycles. The van der Waals surface area contributed by atoms with Gasteiger partial charge in [0.25, 0.3) is 0 Å². The largest absolute Gasteiger partial charge is 0.498 e. The van der Waals surface area contributed by atoms with E-state index < -0.39 is 0 Å². The van der Waals surface area contributed by atoms with Crippen LogP contribution in [0.4, 0.5) is 0 Å². The zero-order chi connectivity index (χ0) is 11.7. The van der Waals surface area contributed by atoms with Crippen molar-refractivity contribution in [3.63, 3.8) is 0 Å². The van der Waals surface area contributed by atoms with E-state index in [0.29, 0.717) is 5.15 Å². The molecule has 86 valence electrons. The first-order chi connectivity index (χ1) is 7.69. The lowest BCUT2D eigenvalue weighted by Crippen LogP contribution is -2.27. The average Bonchev–Trinajstić information content (AvgIpc) is 2.28. The SMILES string of the molecule is COC1=Cc2ncnc(Cl)c2C(C)C1OC. The monoisotopic (exact) mass is 240 g/mol. The third kappa shape index (κ3) is 1.68. The first-order valence-electron chi connectivity index (χ1n) is 4.97. The van der Waals surface area contributed by atoms with Crippen molar-refractivity contribution in [1.29, 1.82) is 0 Å². The second-order valence-electron chi connectivity index (χ2n) is 3.66. The van der Waals surface area contributed by atoms with E-state index >= 15 is 0 Å². The van der Waals surface area contributed by atoms with Gasteiger partial charge in [-0.05, 0) is 0 Å². The van der Waals surface area contributed by atoms with Crippen molar-refractivity contribution in [1.82, 2.24) is 9.97 Å². The fourth-order valence-corrected chi connectivity index (χ4v) is 2.35. The van der Waals surface area contributed by atoms with Crippen LogP contribution in [0.3, 0.4) is 0 Å². The zero-order valence-corrected chi connectivity index (χ0v) is 10.2. The zero-order valence-electron chi connectivity index (χ0n) is 9.40. The Balaban J connectivity index is 2.56. The molecule has 0 N–H and O–H groups in total. The van der Waals surface area contributed by atoms with Crippen molar-refractivity contribution in [2.45, 2.75) is 18.9 Å². The summed E-state index contributed by atoms with van der Waals surface area (Å²) in [6.07, 6.45) is 3.16. The van der Waals surface area contributed by atoms with Gasteiger partial charge in [0.2, 0.25) is 0 Å². The van der Waals surface area contributed by atoms with E-state index in [4.69, 9.17) is 21.1 Å². The molecule has 1 aromatic heterocycles. The van der Waals surface area contributed by atoms with Crippen LogP contribution in [0.2, 0.25) is 5.15 Å². The second kappa shape index (κ2) is 4.39. The molecule has 0 saturated heterocycles. The van der Waals surface area contributed by atoms with Crippen LogP contribution in [0.1, 0.15) is 24.1 Å². The summed E-state index contributed by atoms with van der Waals surface area (Å²) in [6, 6.07) is 0. The van der Waals surface area contributed by atoms with E-state index in [1.54, 1.807) is 14.2 Å². The molecule has 0 radical (unpaired) electrons. The third-order valence-electron chi connectivity index (χ3n) is 2.82. The van der Waals surface area contributed by atoms with Crippen molar-refractivity contribution in [3.8, 4) is 0 Å². The maximum absolute atomic E-state index is 6.07. The van der Waals surface area contributed by atoms with E-state index in [1.807, 2.05) is 13.0 Å². The molecule has 5 heteroatoms. The molecule has 0 spiro atoms. The molecular weight excluding hydrogens is 228 g/mol. The predicted molar refractivity (Wildman–Crippen MR) is 61.2 cm³/mol. The van der Waals surface area contributed by atoms with Crippen LogP contribution in [0.5, 0.6) is 0 Å². The van der Waals surface area contributed by atoms with Crippen molar-refractivity contribution in [3.05, 3.63) is 28.5 Å². The lowest BCUT2D eigenvalue weighted by molar-refractivity contribution is 0.0629. The third-order valence-corrected chi connectivity index (χ3v) is 3.13. The number of nitrogens with zero attached hydrogens (tertiary/aromatic N) is 2. The first kappa shape index (κ1) is 11.4. The van der Waals surface area contributed by atoms with Gasteiger partial charge in [-0.15, -0.1) is 0 Å². The molecule has 0 aromatic carbocycles. The van der Waals surface area contributed by atoms with Crippen LogP contribution in [0.25, 0.3) is 6.08 Å². The Hall–Kier alpha value is -1.13. The van der Waals surface area contributed by atoms with Gasteiger partial charge in [-0.2, -0.15) is 0 Å². The summed E-state index contributed by atoms with van der Waals surface area (Å²) in [7, 11) is 3.27. The van der Waals surface area contributed by atoms with Gasteiger partial charge < -0.3 is 9.47 Å². The van der Waals surface area contributed by atoms with Gasteiger partial charge in [0.05, 0.1) is 12.8 Å². The molecule has 0 amide bonds. The van der Waals surface area contributed by atoms with Crippen LogP contribution in [-0.2, 0) is 9.47 Å². The maximum Gasteiger partial charge on any atom is 0.136 e. The Morgan fingerprint density at radius 3 is 2.69 bits per heavy atom. The summed E-state index contributed by atoms with van der Waals surface area (Å²) in [5.41, 5.74) is 1.72. The normalized spacial score (nSPS) is 23.6. The minimum absolute atomic E-state index is 0.0775. The number of methoxy groups -OCH3 is 2. The van der Waals surface area contributed by atoms with Crippen LogP contribution in [0, 0.1) is 0 Å². The summed E-state index contributed by atoms with van der Waals surface area (Å²) in [5.74, 6) is 0.839. The fraction of sp³-hybridized carbons (Fsp3) is 0.455. The molecule has 0 saturated carbocycles. The van der Waals surface area contributed by atoms with Gasteiger partial charge in [-0.1, -0.05) is 18.5 Å². The number of aromatic nitrogens is 2. The van der Waals surface area contributed by atoms with Crippen molar-refractivity contribution in [2.24, 2.45) is 0 Å². The number of halogens is 1. The van der Waals surface area contributed by atoms with Gasteiger partial charge in [0.15, 0.2) is 0 Å². The van der Waals surface area contributed by atoms with Crippen molar-refractivity contribution >= 4 is 17.7 Å². The number of ether oxygens (including phenoxy) is 2. The summed E-state index contributed by atoms with van der Waals surface area (Å²) >= 11 is 6.07. The molecule has 1 aromatic rings. The topological polar surface area (TPSA) is 44.2 Å². The Morgan fingerprint density at radius 1 is 1.31 bits per heavy atom. The highest BCUT2D eigenvalue weighted by Crippen LogP contribution is 2.37. The quantitative estimate of drug-likeness (QED) is 0.744. The van der Waals surface area contributed by atoms with Crippen LogP contribution >= 0.6 is 11.6 Å². The molecule has 4 nitrogen and oxygen atoms in total. The predicted octanol–water partition coefficient (Wildman–Crippen LogP) is 2.25. The van der Waals surface area contributed by atoms with Gasteiger partial charge in [0, 0.05) is 24.7 Å². The number of rotatable bonds is 2. The Morgan fingerprint density at radius 2 is 2.06 bits per heavy atom. The average molecular weight is 241 g/mol. The Labute approximate surface area is 99.3 Å². The molecule has 0 bridgehead atoms. The first-order valence-corrected chi connectivity index (χ1v) is 5.35. The van der Waals surface area contributed by atoms with E-state index in [2.05, 4.69) is 9.97 Å². The van der Waals surface area contributed by atoms with Crippen molar-refractivity contribution < 1.29 is 9.47 Å². The van der Waals surface area contributed by atoms with Gasteiger partial charge in [-0.25, -0.2) is 9.97 Å². The second-order valence-corrected chi connectivity index (χ2v) is 4.02. The van der Waals surface area contributed by atoms with E-state index in [1.165, 1.54) is 6.33 Å². The van der Waals surface area contributed by atoms with Gasteiger partial charge in [0.1, 0.15) is 23.3 Å². The van der Waals surface area contributed by atoms with Gasteiger partial charge in [-0.3, -0.25) is 0 Å². The number of hydrogen-bond acceptors (Lipinski definition) is 4. The smallest absolute Gasteiger partial charge is 0.136 e. The van der Waals surface area contributed by atoms with Crippen molar-refractivity contribution in [2.75, 3.05) is 14.2 Å². The minimum Gasteiger partial charge on any atom is -0.498 e. The number of fused-ring (bicyclic) bond motifs is 1. The molecule has 0 fully saturated rings. The molecule has 1 aliphatic rings. The molecule has 1 aliphatic carbocycles. The van der Waals surface area contributed by atoms with E-state index in [-0.39, 0.29) is 12.0 Å². The van der Waals surface area contributed by atoms with E-state index in [0.717, 1.165) is 17.0 Å². The summed E-state index contributed by atoms with van der Waals surface area (Å²) in [4.78, 5) is 8.18. The molecule has 2 unspecified atom stereocenters. The highest BCUT2D eigenvalue weighted by molar-refractivity contribution is 6.30. The standard InChI is InChI=1S/C11H13ClN2O2/c1-6-9-7(13-5-14-11(9)12)4-8(15-2)10(6)16-3/h4-6,10H,1-3H3. The Bertz CT molecular complexity index is 434. The molecule has 1 heterocycles. The van der Waals surface area contributed by atoms with Crippen LogP contribution < -0.4 is 0 Å². The van der Waals surface area contributed by atoms with Crippen LogP contribution in [-0.4, -0.2) is 30.3 Å². The molecular formula is C11H13ClN2O2. The summed E-state index contributed by atoms with van der Waals surface area (Å²) in [5, 5.41) is 0.478. The maximum atomic E-state index is 6.07. The minimum atomic E-state index is -0.138. The highest BCUT2D eigenvalue weighted by Gasteiger charge is 2.32. The lowest BCUT2D eigenvalue weighted by atomic mass is 9.89. The molecule has 2 rings (SSSR count). The van der Waals surface area contributed by atoms with Gasteiger partial charge >= 0.3 is 0 Å². The fourth-order valence-electron chi connectivity index (χ4n) is 2.03. The van der Waals surface area contributed by atoms with Crippen LogP contribution in [0.15, 0.2) is 12.1 Å². The van der Waals surface area contributed by atoms with E-state index in [9.17, 15) is 0 Å². The highest BCUT2D eigenvalue weighted by atomic mass is 35.5.